The summed E-state index contributed by atoms with van der Waals surface area (Å²) in [6, 6.07) is 0. The summed E-state index contributed by atoms with van der Waals surface area (Å²) in [5, 5.41) is 22.9. The number of β-amino-alcohol motifs (C(OH)–C–C–N with tert-alkyl or cyclic N) is 1. The molecule has 0 aromatic carbocycles. The zero-order chi connectivity index (χ0) is 20.9. The van der Waals surface area contributed by atoms with Crippen molar-refractivity contribution >= 4 is 27.3 Å². The van der Waals surface area contributed by atoms with E-state index in [1.54, 1.807) is 7.05 Å². The second kappa shape index (κ2) is 7.36. The van der Waals surface area contributed by atoms with Gasteiger partial charge in [0.2, 0.25) is 0 Å². The van der Waals surface area contributed by atoms with Crippen LogP contribution >= 0.6 is 11.3 Å². The predicted molar refractivity (Wildman–Crippen MR) is 108 cm³/mol. The molecule has 0 radical (unpaired) electrons. The molecule has 9 nitrogen and oxygen atoms in total. The number of hydroxylamine groups is 2. The van der Waals surface area contributed by atoms with Crippen LogP contribution in [0.5, 0.6) is 0 Å². The Morgan fingerprint density at radius 1 is 1.41 bits per heavy atom. The number of nitrogens with zero attached hydrogens (tertiary/aromatic N) is 4. The lowest BCUT2D eigenvalue weighted by Gasteiger charge is -2.15. The summed E-state index contributed by atoms with van der Waals surface area (Å²) in [4.78, 5) is 32.5. The van der Waals surface area contributed by atoms with Gasteiger partial charge in [-0.25, -0.2) is 9.75 Å². The fourth-order valence-corrected chi connectivity index (χ4v) is 4.98. The Bertz CT molecular complexity index is 1140. The van der Waals surface area contributed by atoms with Crippen molar-refractivity contribution in [2.24, 2.45) is 7.05 Å². The van der Waals surface area contributed by atoms with Gasteiger partial charge in [0, 0.05) is 29.6 Å². The van der Waals surface area contributed by atoms with Gasteiger partial charge in [0.1, 0.15) is 12.7 Å². The molecule has 10 heteroatoms. The fraction of sp³-hybridized carbons (Fsp3) is 0.474. The molecular weight excluding hydrogens is 394 g/mol. The SMILES string of the molecule is CCc1nn(C)c(=O)c2c(C(=O)N3CC(O)CO3)c(Cc3c(C)n[nH]c3C)sc12. The average molecular weight is 417 g/mol. The number of fused-ring (bicyclic) bond motifs is 1. The van der Waals surface area contributed by atoms with Gasteiger partial charge in [-0.05, 0) is 20.3 Å². The molecule has 1 aliphatic rings. The summed E-state index contributed by atoms with van der Waals surface area (Å²) in [7, 11) is 1.59. The van der Waals surface area contributed by atoms with Crippen LogP contribution in [0, 0.1) is 13.8 Å². The standard InChI is InChI=1S/C19H23N5O4S/c1-5-13-17-16(18(26)23(4)22-13)15(19(27)24-7-11(25)8-28-24)14(29-17)6-12-9(2)20-21-10(12)3/h11,25H,5-8H2,1-4H3,(H,20,21). The van der Waals surface area contributed by atoms with Crippen LogP contribution in [0.2, 0.25) is 0 Å². The van der Waals surface area contributed by atoms with Crippen LogP contribution in [0.4, 0.5) is 0 Å². The number of carbonyl (C=O) groups is 1. The molecule has 1 unspecified atom stereocenters. The third kappa shape index (κ3) is 3.26. The average Bonchev–Trinajstić information content (AvgIpc) is 3.38. The quantitative estimate of drug-likeness (QED) is 0.660. The van der Waals surface area contributed by atoms with Crippen LogP contribution < -0.4 is 5.56 Å². The highest BCUT2D eigenvalue weighted by Crippen LogP contribution is 2.35. The number of nitrogens with one attached hydrogen (secondary N) is 1. The first kappa shape index (κ1) is 19.7. The van der Waals surface area contributed by atoms with E-state index in [4.69, 9.17) is 4.84 Å². The number of aliphatic hydroxyl groups is 1. The molecule has 4 rings (SSSR count). The summed E-state index contributed by atoms with van der Waals surface area (Å²) < 4.78 is 2.01. The largest absolute Gasteiger partial charge is 0.389 e. The number of carbonyl (C=O) groups excluding carboxylic acids is 1. The number of amides is 1. The van der Waals surface area contributed by atoms with Gasteiger partial charge in [-0.2, -0.15) is 10.2 Å². The molecule has 154 valence electrons. The van der Waals surface area contributed by atoms with E-state index in [-0.39, 0.29) is 18.7 Å². The van der Waals surface area contributed by atoms with Crippen LogP contribution in [-0.2, 0) is 24.7 Å². The van der Waals surface area contributed by atoms with Gasteiger partial charge >= 0.3 is 0 Å². The normalized spacial score (nSPS) is 16.9. The molecule has 29 heavy (non-hydrogen) atoms. The predicted octanol–water partition coefficient (Wildman–Crippen LogP) is 1.24. The Kier molecular flexibility index (Phi) is 5.01. The van der Waals surface area contributed by atoms with E-state index < -0.39 is 12.0 Å². The maximum absolute atomic E-state index is 13.4. The molecule has 1 saturated heterocycles. The molecule has 2 N–H and O–H groups in total. The highest BCUT2D eigenvalue weighted by atomic mass is 32.1. The number of aromatic nitrogens is 4. The van der Waals surface area contributed by atoms with E-state index in [2.05, 4.69) is 15.3 Å². The Morgan fingerprint density at radius 3 is 2.76 bits per heavy atom. The Morgan fingerprint density at radius 2 is 2.17 bits per heavy atom. The van der Waals surface area contributed by atoms with Gasteiger partial charge in [-0.1, -0.05) is 6.92 Å². The molecule has 1 fully saturated rings. The molecule has 1 atom stereocenters. The number of thiophene rings is 1. The smallest absolute Gasteiger partial charge is 0.279 e. The zero-order valence-electron chi connectivity index (χ0n) is 16.8. The number of aryl methyl sites for hydroxylation is 4. The van der Waals surface area contributed by atoms with Gasteiger partial charge in [0.15, 0.2) is 0 Å². The lowest BCUT2D eigenvalue weighted by Crippen LogP contribution is -2.30. The van der Waals surface area contributed by atoms with Gasteiger partial charge in [-0.3, -0.25) is 19.5 Å². The van der Waals surface area contributed by atoms with Gasteiger partial charge < -0.3 is 5.11 Å². The van der Waals surface area contributed by atoms with E-state index >= 15 is 0 Å². The van der Waals surface area contributed by atoms with Crippen molar-refractivity contribution in [2.75, 3.05) is 13.2 Å². The second-order valence-electron chi connectivity index (χ2n) is 7.24. The third-order valence-electron chi connectivity index (χ3n) is 5.21. The molecule has 3 aromatic heterocycles. The van der Waals surface area contributed by atoms with Crippen molar-refractivity contribution in [3.63, 3.8) is 0 Å². The van der Waals surface area contributed by atoms with Crippen molar-refractivity contribution in [3.8, 4) is 0 Å². The van der Waals surface area contributed by atoms with E-state index in [1.165, 1.54) is 16.0 Å². The monoisotopic (exact) mass is 417 g/mol. The van der Waals surface area contributed by atoms with E-state index in [1.807, 2.05) is 20.8 Å². The van der Waals surface area contributed by atoms with Crippen molar-refractivity contribution in [1.29, 1.82) is 0 Å². The molecule has 1 amide bonds. The maximum atomic E-state index is 13.4. The fourth-order valence-electron chi connectivity index (χ4n) is 3.64. The van der Waals surface area contributed by atoms with Crippen molar-refractivity contribution in [2.45, 2.75) is 39.7 Å². The number of H-pyrrole nitrogens is 1. The van der Waals surface area contributed by atoms with Crippen LogP contribution in [0.3, 0.4) is 0 Å². The highest BCUT2D eigenvalue weighted by Gasteiger charge is 2.33. The van der Waals surface area contributed by atoms with Crippen molar-refractivity contribution in [1.82, 2.24) is 25.0 Å². The van der Waals surface area contributed by atoms with Gasteiger partial charge in [0.25, 0.3) is 11.5 Å². The minimum Gasteiger partial charge on any atom is -0.389 e. The maximum Gasteiger partial charge on any atom is 0.279 e. The minimum absolute atomic E-state index is 0.0584. The molecular formula is C19H23N5O4S. The van der Waals surface area contributed by atoms with E-state index in [9.17, 15) is 14.7 Å². The summed E-state index contributed by atoms with van der Waals surface area (Å²) in [5.41, 5.74) is 3.56. The van der Waals surface area contributed by atoms with Crippen molar-refractivity contribution < 1.29 is 14.7 Å². The van der Waals surface area contributed by atoms with Crippen LogP contribution in [0.15, 0.2) is 4.79 Å². The highest BCUT2D eigenvalue weighted by molar-refractivity contribution is 7.19. The Hall–Kier alpha value is -2.56. The Labute approximate surface area is 170 Å². The van der Waals surface area contributed by atoms with E-state index in [0.29, 0.717) is 23.8 Å². The lowest BCUT2D eigenvalue weighted by molar-refractivity contribution is -0.0778. The van der Waals surface area contributed by atoms with Crippen molar-refractivity contribution in [3.05, 3.63) is 43.4 Å². The Balaban J connectivity index is 1.95. The van der Waals surface area contributed by atoms with Gasteiger partial charge in [0.05, 0.1) is 33.6 Å². The lowest BCUT2D eigenvalue weighted by atomic mass is 10.0. The number of rotatable bonds is 4. The van der Waals surface area contributed by atoms with Gasteiger partial charge in [-0.15, -0.1) is 11.3 Å². The molecule has 0 aliphatic carbocycles. The first-order valence-corrected chi connectivity index (χ1v) is 10.3. The number of aliphatic hydroxyl groups excluding tert-OH is 1. The second-order valence-corrected chi connectivity index (χ2v) is 8.34. The topological polar surface area (TPSA) is 113 Å². The number of hydrogen-bond acceptors (Lipinski definition) is 7. The summed E-state index contributed by atoms with van der Waals surface area (Å²) in [5.74, 6) is -0.410. The van der Waals surface area contributed by atoms with Crippen LogP contribution in [-0.4, -0.2) is 55.3 Å². The van der Waals surface area contributed by atoms with Crippen LogP contribution in [0.25, 0.3) is 10.1 Å². The number of aromatic amines is 1. The zero-order valence-corrected chi connectivity index (χ0v) is 17.6. The summed E-state index contributed by atoms with van der Waals surface area (Å²) in [6.07, 6.45) is 0.374. The summed E-state index contributed by atoms with van der Waals surface area (Å²) >= 11 is 1.42. The molecule has 3 aromatic rings. The molecule has 0 saturated carbocycles. The summed E-state index contributed by atoms with van der Waals surface area (Å²) in [6.45, 7) is 5.94. The van der Waals surface area contributed by atoms with Crippen LogP contribution in [0.1, 0.15) is 44.8 Å². The molecule has 0 bridgehead atoms. The first-order valence-electron chi connectivity index (χ1n) is 9.46. The van der Waals surface area contributed by atoms with E-state index in [0.717, 1.165) is 37.3 Å². The molecule has 0 spiro atoms. The minimum atomic E-state index is -0.735. The molecule has 4 heterocycles. The number of hydrogen-bond donors (Lipinski definition) is 2. The first-order chi connectivity index (χ1) is 13.8. The third-order valence-corrected chi connectivity index (χ3v) is 6.45. The molecule has 1 aliphatic heterocycles.